The Bertz CT molecular complexity index is 453. The molecule has 3 nitrogen and oxygen atoms in total. The minimum Gasteiger partial charge on any atom is -0.374 e. The number of ether oxygens (including phenoxy) is 1. The second-order valence-electron chi connectivity index (χ2n) is 6.08. The SMILES string of the molecule is CCOC1(C(Cc2ccc(C)cc2Cl)NN)CCCCC1. The zero-order valence-electron chi connectivity index (χ0n) is 13.1. The molecule has 1 aliphatic rings. The first-order valence-electron chi connectivity index (χ1n) is 7.96. The summed E-state index contributed by atoms with van der Waals surface area (Å²) in [7, 11) is 0. The van der Waals surface area contributed by atoms with Crippen LogP contribution in [0.4, 0.5) is 0 Å². The lowest BCUT2D eigenvalue weighted by Gasteiger charge is -2.43. The van der Waals surface area contributed by atoms with Crippen LogP contribution < -0.4 is 11.3 Å². The van der Waals surface area contributed by atoms with E-state index in [1.54, 1.807) is 0 Å². The Hall–Kier alpha value is -0.610. The quantitative estimate of drug-likeness (QED) is 0.621. The Morgan fingerprint density at radius 1 is 1.33 bits per heavy atom. The standard InChI is InChI=1S/C17H27ClN2O/c1-3-21-17(9-5-4-6-10-17)16(20-19)12-14-8-7-13(2)11-15(14)18/h7-8,11,16,20H,3-6,9-10,12,19H2,1-2H3. The molecule has 1 atom stereocenters. The number of halogens is 1. The highest BCUT2D eigenvalue weighted by Crippen LogP contribution is 2.36. The summed E-state index contributed by atoms with van der Waals surface area (Å²) >= 11 is 6.38. The average molecular weight is 311 g/mol. The van der Waals surface area contributed by atoms with Gasteiger partial charge in [-0.05, 0) is 50.3 Å². The fourth-order valence-electron chi connectivity index (χ4n) is 3.47. The van der Waals surface area contributed by atoms with E-state index in [4.69, 9.17) is 22.2 Å². The van der Waals surface area contributed by atoms with Gasteiger partial charge in [-0.1, -0.05) is 43.0 Å². The van der Waals surface area contributed by atoms with Crippen LogP contribution in [0, 0.1) is 6.92 Å². The lowest BCUT2D eigenvalue weighted by molar-refractivity contribution is -0.0898. The van der Waals surface area contributed by atoms with E-state index >= 15 is 0 Å². The Kier molecular flexibility index (Phi) is 6.06. The van der Waals surface area contributed by atoms with Gasteiger partial charge in [-0.2, -0.15) is 0 Å². The molecule has 0 spiro atoms. The maximum Gasteiger partial charge on any atom is 0.0851 e. The summed E-state index contributed by atoms with van der Waals surface area (Å²) in [6, 6.07) is 6.31. The molecule has 1 aliphatic carbocycles. The zero-order chi connectivity index (χ0) is 15.3. The molecule has 0 amide bonds. The number of aryl methyl sites for hydroxylation is 1. The summed E-state index contributed by atoms with van der Waals surface area (Å²) in [6.45, 7) is 4.83. The normalized spacial score (nSPS) is 19.4. The number of nitrogens with two attached hydrogens (primary N) is 1. The highest BCUT2D eigenvalue weighted by Gasteiger charge is 2.40. The molecule has 118 valence electrons. The maximum absolute atomic E-state index is 6.38. The van der Waals surface area contributed by atoms with Gasteiger partial charge < -0.3 is 4.74 Å². The molecular weight excluding hydrogens is 284 g/mol. The van der Waals surface area contributed by atoms with E-state index in [0.29, 0.717) is 0 Å². The summed E-state index contributed by atoms with van der Waals surface area (Å²) in [5, 5.41) is 0.817. The molecule has 1 saturated carbocycles. The molecule has 1 aromatic rings. The van der Waals surface area contributed by atoms with Crippen molar-refractivity contribution >= 4 is 11.6 Å². The molecule has 0 aromatic heterocycles. The van der Waals surface area contributed by atoms with Crippen LogP contribution in [0.5, 0.6) is 0 Å². The van der Waals surface area contributed by atoms with Crippen molar-refractivity contribution in [1.29, 1.82) is 0 Å². The summed E-state index contributed by atoms with van der Waals surface area (Å²) < 4.78 is 6.17. The van der Waals surface area contributed by atoms with Gasteiger partial charge in [0, 0.05) is 11.6 Å². The van der Waals surface area contributed by atoms with Gasteiger partial charge in [0.05, 0.1) is 11.6 Å². The summed E-state index contributed by atoms with van der Waals surface area (Å²) in [5.41, 5.74) is 5.16. The average Bonchev–Trinajstić information content (AvgIpc) is 2.47. The van der Waals surface area contributed by atoms with Gasteiger partial charge in [-0.3, -0.25) is 11.3 Å². The minimum absolute atomic E-state index is 0.0953. The zero-order valence-corrected chi connectivity index (χ0v) is 13.9. The van der Waals surface area contributed by atoms with Crippen molar-refractivity contribution in [3.8, 4) is 0 Å². The number of nitrogens with one attached hydrogen (secondary N) is 1. The second-order valence-corrected chi connectivity index (χ2v) is 6.48. The Balaban J connectivity index is 2.20. The largest absolute Gasteiger partial charge is 0.374 e. The number of benzene rings is 1. The first-order chi connectivity index (χ1) is 10.1. The molecule has 0 saturated heterocycles. The van der Waals surface area contributed by atoms with Crippen molar-refractivity contribution in [2.45, 2.75) is 64.0 Å². The van der Waals surface area contributed by atoms with E-state index in [1.807, 2.05) is 6.07 Å². The molecule has 0 bridgehead atoms. The van der Waals surface area contributed by atoms with Crippen LogP contribution in [0.1, 0.15) is 50.2 Å². The van der Waals surface area contributed by atoms with Gasteiger partial charge >= 0.3 is 0 Å². The molecule has 4 heteroatoms. The third kappa shape index (κ3) is 3.98. The van der Waals surface area contributed by atoms with E-state index in [2.05, 4.69) is 31.4 Å². The van der Waals surface area contributed by atoms with Crippen molar-refractivity contribution in [2.75, 3.05) is 6.61 Å². The van der Waals surface area contributed by atoms with Gasteiger partial charge in [0.1, 0.15) is 0 Å². The second kappa shape index (κ2) is 7.59. The number of hydrogen-bond acceptors (Lipinski definition) is 3. The van der Waals surface area contributed by atoms with E-state index in [1.165, 1.54) is 24.8 Å². The maximum atomic E-state index is 6.38. The van der Waals surface area contributed by atoms with Gasteiger partial charge in [0.15, 0.2) is 0 Å². The van der Waals surface area contributed by atoms with Crippen LogP contribution in [-0.4, -0.2) is 18.2 Å². The number of rotatable bonds is 6. The van der Waals surface area contributed by atoms with Crippen LogP contribution in [0.25, 0.3) is 0 Å². The highest BCUT2D eigenvalue weighted by atomic mass is 35.5. The Morgan fingerprint density at radius 3 is 2.62 bits per heavy atom. The van der Waals surface area contributed by atoms with Gasteiger partial charge in [-0.25, -0.2) is 0 Å². The molecular formula is C17H27ClN2O. The molecule has 1 aromatic carbocycles. The molecule has 0 aliphatic heterocycles. The van der Waals surface area contributed by atoms with E-state index in [-0.39, 0.29) is 11.6 Å². The van der Waals surface area contributed by atoms with Crippen LogP contribution in [0.2, 0.25) is 5.02 Å². The van der Waals surface area contributed by atoms with Crippen molar-refractivity contribution in [3.63, 3.8) is 0 Å². The number of hydrazine groups is 1. The predicted molar refractivity (Wildman–Crippen MR) is 88.4 cm³/mol. The minimum atomic E-state index is -0.157. The van der Waals surface area contributed by atoms with Crippen LogP contribution in [-0.2, 0) is 11.2 Å². The van der Waals surface area contributed by atoms with Crippen LogP contribution >= 0.6 is 11.6 Å². The first kappa shape index (κ1) is 16.8. The smallest absolute Gasteiger partial charge is 0.0851 e. The van der Waals surface area contributed by atoms with Gasteiger partial charge in [0.25, 0.3) is 0 Å². The molecule has 0 heterocycles. The van der Waals surface area contributed by atoms with E-state index in [9.17, 15) is 0 Å². The third-order valence-corrected chi connectivity index (χ3v) is 4.95. The lowest BCUT2D eigenvalue weighted by atomic mass is 9.77. The van der Waals surface area contributed by atoms with Crippen molar-refractivity contribution < 1.29 is 4.74 Å². The molecule has 3 N–H and O–H groups in total. The van der Waals surface area contributed by atoms with Crippen molar-refractivity contribution in [2.24, 2.45) is 5.84 Å². The Labute approximate surface area is 133 Å². The third-order valence-electron chi connectivity index (χ3n) is 4.60. The summed E-state index contributed by atoms with van der Waals surface area (Å²) in [5.74, 6) is 5.87. The molecule has 2 rings (SSSR count). The molecule has 0 radical (unpaired) electrons. The van der Waals surface area contributed by atoms with Gasteiger partial charge in [-0.15, -0.1) is 0 Å². The topological polar surface area (TPSA) is 47.3 Å². The van der Waals surface area contributed by atoms with E-state index in [0.717, 1.165) is 36.5 Å². The number of hydrogen-bond donors (Lipinski definition) is 2. The predicted octanol–water partition coefficient (Wildman–Crippen LogP) is 3.76. The van der Waals surface area contributed by atoms with Crippen LogP contribution in [0.3, 0.4) is 0 Å². The molecule has 1 unspecified atom stereocenters. The van der Waals surface area contributed by atoms with Crippen LogP contribution in [0.15, 0.2) is 18.2 Å². The van der Waals surface area contributed by atoms with Crippen molar-refractivity contribution in [1.82, 2.24) is 5.43 Å². The molecule has 21 heavy (non-hydrogen) atoms. The fraction of sp³-hybridized carbons (Fsp3) is 0.647. The highest BCUT2D eigenvalue weighted by molar-refractivity contribution is 6.31. The summed E-state index contributed by atoms with van der Waals surface area (Å²) in [6.07, 6.45) is 6.64. The van der Waals surface area contributed by atoms with E-state index < -0.39 is 0 Å². The lowest BCUT2D eigenvalue weighted by Crippen LogP contribution is -2.57. The first-order valence-corrected chi connectivity index (χ1v) is 8.34. The fourth-order valence-corrected chi connectivity index (χ4v) is 3.78. The Morgan fingerprint density at radius 2 is 2.05 bits per heavy atom. The monoisotopic (exact) mass is 310 g/mol. The van der Waals surface area contributed by atoms with Crippen molar-refractivity contribution in [3.05, 3.63) is 34.3 Å². The summed E-state index contributed by atoms with van der Waals surface area (Å²) in [4.78, 5) is 0. The van der Waals surface area contributed by atoms with Gasteiger partial charge in [0.2, 0.25) is 0 Å². The molecule has 1 fully saturated rings.